The molecule has 0 aliphatic heterocycles. The van der Waals surface area contributed by atoms with Crippen LogP contribution in [-0.2, 0) is 6.42 Å². The number of thioether (sulfide) groups is 1. The van der Waals surface area contributed by atoms with Gasteiger partial charge in [-0.05, 0) is 37.3 Å². The molecule has 1 aromatic rings. The molecule has 0 fully saturated rings. The molecule has 0 bridgehead atoms. The van der Waals surface area contributed by atoms with E-state index in [-0.39, 0.29) is 5.82 Å². The van der Waals surface area contributed by atoms with Gasteiger partial charge >= 0.3 is 0 Å². The second-order valence-corrected chi connectivity index (χ2v) is 5.04. The highest BCUT2D eigenvalue weighted by molar-refractivity contribution is 7.98. The SMILES string of the molecule is CCNC(=NCCSC)NCCc1ccc(F)cc1. The minimum Gasteiger partial charge on any atom is -0.357 e. The van der Waals surface area contributed by atoms with Gasteiger partial charge in [-0.2, -0.15) is 11.8 Å². The Hall–Kier alpha value is -1.23. The first-order valence-electron chi connectivity index (χ1n) is 6.51. The van der Waals surface area contributed by atoms with Gasteiger partial charge < -0.3 is 10.6 Å². The molecule has 0 unspecified atom stereocenters. The summed E-state index contributed by atoms with van der Waals surface area (Å²) in [4.78, 5) is 4.46. The Balaban J connectivity index is 2.34. The summed E-state index contributed by atoms with van der Waals surface area (Å²) in [7, 11) is 0. The van der Waals surface area contributed by atoms with Crippen LogP contribution in [0, 0.1) is 5.82 Å². The molecule has 106 valence electrons. The third kappa shape index (κ3) is 7.06. The van der Waals surface area contributed by atoms with E-state index in [1.54, 1.807) is 11.8 Å². The summed E-state index contributed by atoms with van der Waals surface area (Å²) in [6, 6.07) is 6.61. The maximum absolute atomic E-state index is 12.8. The van der Waals surface area contributed by atoms with Crippen molar-refractivity contribution >= 4 is 17.7 Å². The van der Waals surface area contributed by atoms with Crippen molar-refractivity contribution in [3.05, 3.63) is 35.6 Å². The van der Waals surface area contributed by atoms with Crippen LogP contribution in [0.1, 0.15) is 12.5 Å². The van der Waals surface area contributed by atoms with Gasteiger partial charge in [0.2, 0.25) is 0 Å². The van der Waals surface area contributed by atoms with E-state index in [1.165, 1.54) is 12.1 Å². The van der Waals surface area contributed by atoms with Gasteiger partial charge in [0.25, 0.3) is 0 Å². The number of nitrogens with zero attached hydrogens (tertiary/aromatic N) is 1. The van der Waals surface area contributed by atoms with E-state index in [0.29, 0.717) is 0 Å². The molecule has 19 heavy (non-hydrogen) atoms. The maximum atomic E-state index is 12.8. The van der Waals surface area contributed by atoms with Crippen molar-refractivity contribution in [2.75, 3.05) is 31.6 Å². The number of halogens is 1. The summed E-state index contributed by atoms with van der Waals surface area (Å²) in [5.74, 6) is 1.68. The number of hydrogen-bond acceptors (Lipinski definition) is 2. The molecule has 0 spiro atoms. The Morgan fingerprint density at radius 1 is 1.26 bits per heavy atom. The minimum atomic E-state index is -0.191. The van der Waals surface area contributed by atoms with Gasteiger partial charge in [-0.15, -0.1) is 0 Å². The fraction of sp³-hybridized carbons (Fsp3) is 0.500. The number of guanidine groups is 1. The number of nitrogens with one attached hydrogen (secondary N) is 2. The molecule has 3 nitrogen and oxygen atoms in total. The van der Waals surface area contributed by atoms with Gasteiger partial charge in [0, 0.05) is 18.8 Å². The van der Waals surface area contributed by atoms with Crippen LogP contribution in [0.2, 0.25) is 0 Å². The molecule has 0 saturated heterocycles. The molecule has 5 heteroatoms. The van der Waals surface area contributed by atoms with Crippen molar-refractivity contribution in [2.24, 2.45) is 4.99 Å². The zero-order valence-corrected chi connectivity index (χ0v) is 12.4. The van der Waals surface area contributed by atoms with Crippen molar-refractivity contribution in [3.63, 3.8) is 0 Å². The molecular formula is C14H22FN3S. The van der Waals surface area contributed by atoms with E-state index in [9.17, 15) is 4.39 Å². The summed E-state index contributed by atoms with van der Waals surface area (Å²) in [6.07, 6.45) is 2.93. The van der Waals surface area contributed by atoms with E-state index in [2.05, 4.69) is 21.9 Å². The lowest BCUT2D eigenvalue weighted by Gasteiger charge is -2.11. The molecule has 0 atom stereocenters. The monoisotopic (exact) mass is 283 g/mol. The van der Waals surface area contributed by atoms with E-state index in [0.717, 1.165) is 43.3 Å². The van der Waals surface area contributed by atoms with Crippen molar-refractivity contribution < 1.29 is 4.39 Å². The highest BCUT2D eigenvalue weighted by atomic mass is 32.2. The van der Waals surface area contributed by atoms with Crippen molar-refractivity contribution in [1.29, 1.82) is 0 Å². The number of aliphatic imine (C=N–C) groups is 1. The van der Waals surface area contributed by atoms with Crippen LogP contribution in [0.5, 0.6) is 0 Å². The maximum Gasteiger partial charge on any atom is 0.191 e. The van der Waals surface area contributed by atoms with Crippen LogP contribution < -0.4 is 10.6 Å². The zero-order valence-electron chi connectivity index (χ0n) is 11.6. The molecular weight excluding hydrogens is 261 g/mol. The Kier molecular flexibility index (Phi) is 8.05. The number of benzene rings is 1. The first-order valence-corrected chi connectivity index (χ1v) is 7.91. The quantitative estimate of drug-likeness (QED) is 0.458. The van der Waals surface area contributed by atoms with E-state index in [4.69, 9.17) is 0 Å². The normalized spacial score (nSPS) is 11.4. The molecule has 0 amide bonds. The molecule has 0 aliphatic rings. The average Bonchev–Trinajstić information content (AvgIpc) is 2.41. The fourth-order valence-corrected chi connectivity index (χ4v) is 1.84. The summed E-state index contributed by atoms with van der Waals surface area (Å²) in [5, 5.41) is 6.49. The van der Waals surface area contributed by atoms with E-state index >= 15 is 0 Å². The predicted octanol–water partition coefficient (Wildman–Crippen LogP) is 2.29. The lowest BCUT2D eigenvalue weighted by atomic mass is 10.1. The van der Waals surface area contributed by atoms with Crippen LogP contribution in [0.4, 0.5) is 4.39 Å². The highest BCUT2D eigenvalue weighted by Gasteiger charge is 1.98. The Morgan fingerprint density at radius 3 is 2.63 bits per heavy atom. The average molecular weight is 283 g/mol. The molecule has 1 aromatic carbocycles. The van der Waals surface area contributed by atoms with Gasteiger partial charge in [0.15, 0.2) is 5.96 Å². The second-order valence-electron chi connectivity index (χ2n) is 4.06. The second kappa shape index (κ2) is 9.67. The van der Waals surface area contributed by atoms with Gasteiger partial charge in [0.1, 0.15) is 5.82 Å². The summed E-state index contributed by atoms with van der Waals surface area (Å²) in [5.41, 5.74) is 1.12. The molecule has 0 heterocycles. The molecule has 0 radical (unpaired) electrons. The molecule has 1 rings (SSSR count). The summed E-state index contributed by atoms with van der Waals surface area (Å²) < 4.78 is 12.8. The zero-order chi connectivity index (χ0) is 13.9. The van der Waals surface area contributed by atoms with Crippen LogP contribution in [0.25, 0.3) is 0 Å². The van der Waals surface area contributed by atoms with Crippen LogP contribution in [-0.4, -0.2) is 37.6 Å². The molecule has 0 aliphatic carbocycles. The standard InChI is InChI=1S/C14H22FN3S/c1-3-16-14(18-10-11-19-2)17-9-8-12-4-6-13(15)7-5-12/h4-7H,3,8-11H2,1-2H3,(H2,16,17,18). The number of rotatable bonds is 7. The third-order valence-corrected chi connectivity index (χ3v) is 3.12. The topological polar surface area (TPSA) is 36.4 Å². The summed E-state index contributed by atoms with van der Waals surface area (Å²) >= 11 is 1.79. The van der Waals surface area contributed by atoms with Crippen molar-refractivity contribution in [1.82, 2.24) is 10.6 Å². The Morgan fingerprint density at radius 2 is 2.00 bits per heavy atom. The van der Waals surface area contributed by atoms with Crippen LogP contribution in [0.15, 0.2) is 29.3 Å². The molecule has 0 aromatic heterocycles. The van der Waals surface area contributed by atoms with Gasteiger partial charge in [-0.3, -0.25) is 4.99 Å². The van der Waals surface area contributed by atoms with Gasteiger partial charge in [0.05, 0.1) is 6.54 Å². The highest BCUT2D eigenvalue weighted by Crippen LogP contribution is 2.02. The third-order valence-electron chi connectivity index (χ3n) is 2.53. The fourth-order valence-electron chi connectivity index (χ4n) is 1.57. The summed E-state index contributed by atoms with van der Waals surface area (Å²) in [6.45, 7) is 4.50. The lowest BCUT2D eigenvalue weighted by Crippen LogP contribution is -2.38. The first-order chi connectivity index (χ1) is 9.26. The predicted molar refractivity (Wildman–Crippen MR) is 82.5 cm³/mol. The Bertz CT molecular complexity index is 379. The molecule has 0 saturated carbocycles. The van der Waals surface area contributed by atoms with Crippen molar-refractivity contribution in [2.45, 2.75) is 13.3 Å². The largest absolute Gasteiger partial charge is 0.357 e. The van der Waals surface area contributed by atoms with E-state index < -0.39 is 0 Å². The van der Waals surface area contributed by atoms with Crippen molar-refractivity contribution in [3.8, 4) is 0 Å². The number of hydrogen-bond donors (Lipinski definition) is 2. The Labute approximate surface area is 119 Å². The van der Waals surface area contributed by atoms with Gasteiger partial charge in [-0.25, -0.2) is 4.39 Å². The van der Waals surface area contributed by atoms with Crippen LogP contribution >= 0.6 is 11.8 Å². The smallest absolute Gasteiger partial charge is 0.191 e. The lowest BCUT2D eigenvalue weighted by molar-refractivity contribution is 0.626. The van der Waals surface area contributed by atoms with Crippen LogP contribution in [0.3, 0.4) is 0 Å². The van der Waals surface area contributed by atoms with E-state index in [1.807, 2.05) is 19.1 Å². The molecule has 2 N–H and O–H groups in total. The van der Waals surface area contributed by atoms with Gasteiger partial charge in [-0.1, -0.05) is 12.1 Å². The first kappa shape index (κ1) is 15.8. The minimum absolute atomic E-state index is 0.191.